The van der Waals surface area contributed by atoms with Gasteiger partial charge in [-0.25, -0.2) is 4.39 Å². The molecular weight excluding hydrogens is 395 g/mol. The highest BCUT2D eigenvalue weighted by Crippen LogP contribution is 2.34. The molecule has 0 heterocycles. The lowest BCUT2D eigenvalue weighted by atomic mass is 9.81. The quantitative estimate of drug-likeness (QED) is 0.368. The second kappa shape index (κ2) is 10.5. The zero-order chi connectivity index (χ0) is 20.1. The van der Waals surface area contributed by atoms with Crippen LogP contribution in [0.5, 0.6) is 0 Å². The van der Waals surface area contributed by atoms with E-state index in [4.69, 9.17) is 0 Å². The molecule has 1 unspecified atom stereocenters. The number of nitrogens with zero attached hydrogens (tertiary/aromatic N) is 1. The predicted octanol–water partition coefficient (Wildman–Crippen LogP) is 5.43. The van der Waals surface area contributed by atoms with Crippen LogP contribution >= 0.6 is 12.4 Å². The standard InChI is InChI=1S/C22H25FN2O3.ClH/c1-2-21(22(26)17-3-9-18(23)10-4-17)24-19-11-5-15(6-12-19)16-7-13-20(14-8-16)25(27)28;/h3-4,7-10,13-15,19,21,24H,2,5-6,11-12H2,1H3;1H. The number of carbonyl (C=O) groups excluding carboxylic acids is 1. The molecule has 156 valence electrons. The lowest BCUT2D eigenvalue weighted by molar-refractivity contribution is -0.384. The number of ketones is 1. The van der Waals surface area contributed by atoms with Gasteiger partial charge < -0.3 is 5.32 Å². The Bertz CT molecular complexity index is 819. The first kappa shape index (κ1) is 23.0. The Morgan fingerprint density at radius 3 is 2.21 bits per heavy atom. The van der Waals surface area contributed by atoms with Crippen molar-refractivity contribution in [2.75, 3.05) is 0 Å². The second-order valence-corrected chi connectivity index (χ2v) is 7.40. The summed E-state index contributed by atoms with van der Waals surface area (Å²) in [4.78, 5) is 23.1. The van der Waals surface area contributed by atoms with E-state index in [9.17, 15) is 19.3 Å². The lowest BCUT2D eigenvalue weighted by Crippen LogP contribution is -2.44. The van der Waals surface area contributed by atoms with Gasteiger partial charge in [0.15, 0.2) is 5.78 Å². The summed E-state index contributed by atoms with van der Waals surface area (Å²) in [7, 11) is 0. The Balaban J connectivity index is 0.00000300. The van der Waals surface area contributed by atoms with Gasteiger partial charge in [-0.3, -0.25) is 14.9 Å². The summed E-state index contributed by atoms with van der Waals surface area (Å²) >= 11 is 0. The van der Waals surface area contributed by atoms with Crippen molar-refractivity contribution < 1.29 is 14.1 Å². The SMILES string of the molecule is CCC(NC1CCC(c2ccc([N+](=O)[O-])cc2)CC1)C(=O)c1ccc(F)cc1.Cl. The minimum atomic E-state index is -0.381. The van der Waals surface area contributed by atoms with Crippen molar-refractivity contribution in [3.05, 3.63) is 75.6 Å². The van der Waals surface area contributed by atoms with E-state index >= 15 is 0 Å². The molecule has 0 spiro atoms. The maximum atomic E-state index is 13.1. The molecule has 0 aromatic heterocycles. The van der Waals surface area contributed by atoms with Crippen molar-refractivity contribution in [1.82, 2.24) is 5.32 Å². The largest absolute Gasteiger partial charge is 0.304 e. The van der Waals surface area contributed by atoms with Gasteiger partial charge in [-0.15, -0.1) is 12.4 Å². The van der Waals surface area contributed by atoms with Crippen molar-refractivity contribution >= 4 is 23.9 Å². The molecule has 2 aromatic carbocycles. The number of Topliss-reactive ketones (excluding diaryl/α,β-unsaturated/α-hetero) is 1. The summed E-state index contributed by atoms with van der Waals surface area (Å²) < 4.78 is 13.1. The summed E-state index contributed by atoms with van der Waals surface area (Å²) in [6, 6.07) is 12.5. The molecule has 5 nitrogen and oxygen atoms in total. The maximum absolute atomic E-state index is 13.1. The van der Waals surface area contributed by atoms with Crippen LogP contribution in [0.1, 0.15) is 60.9 Å². The second-order valence-electron chi connectivity index (χ2n) is 7.40. The van der Waals surface area contributed by atoms with Crippen LogP contribution in [0.2, 0.25) is 0 Å². The molecule has 3 rings (SSSR count). The molecular formula is C22H26ClFN2O3. The van der Waals surface area contributed by atoms with Gasteiger partial charge >= 0.3 is 0 Å². The number of nitrogens with one attached hydrogen (secondary N) is 1. The molecule has 1 saturated carbocycles. The van der Waals surface area contributed by atoms with Crippen LogP contribution in [-0.4, -0.2) is 22.8 Å². The summed E-state index contributed by atoms with van der Waals surface area (Å²) in [5, 5.41) is 14.3. The highest BCUT2D eigenvalue weighted by molar-refractivity contribution is 6.00. The lowest BCUT2D eigenvalue weighted by Gasteiger charge is -2.32. The molecule has 0 bridgehead atoms. The number of non-ortho nitro benzene ring substituents is 1. The Morgan fingerprint density at radius 2 is 1.69 bits per heavy atom. The molecule has 1 N–H and O–H groups in total. The van der Waals surface area contributed by atoms with Gasteiger partial charge in [0, 0.05) is 23.7 Å². The number of rotatable bonds is 7. The van der Waals surface area contributed by atoms with E-state index in [1.165, 1.54) is 24.3 Å². The van der Waals surface area contributed by atoms with Crippen LogP contribution in [0.25, 0.3) is 0 Å². The van der Waals surface area contributed by atoms with Gasteiger partial charge in [-0.05, 0) is 67.9 Å². The minimum absolute atomic E-state index is 0. The van der Waals surface area contributed by atoms with E-state index in [0.29, 0.717) is 17.9 Å². The normalized spacial score (nSPS) is 19.8. The van der Waals surface area contributed by atoms with Gasteiger partial charge in [0.1, 0.15) is 5.82 Å². The number of benzene rings is 2. The van der Waals surface area contributed by atoms with Crippen LogP contribution < -0.4 is 5.32 Å². The zero-order valence-electron chi connectivity index (χ0n) is 16.3. The number of hydrogen-bond donors (Lipinski definition) is 1. The molecule has 1 fully saturated rings. The fourth-order valence-electron chi connectivity index (χ4n) is 3.94. The topological polar surface area (TPSA) is 72.2 Å². The highest BCUT2D eigenvalue weighted by atomic mass is 35.5. The van der Waals surface area contributed by atoms with Crippen molar-refractivity contribution in [2.45, 2.75) is 57.0 Å². The van der Waals surface area contributed by atoms with Crippen molar-refractivity contribution in [2.24, 2.45) is 0 Å². The summed E-state index contributed by atoms with van der Waals surface area (Å²) in [6.07, 6.45) is 4.55. The van der Waals surface area contributed by atoms with E-state index in [1.54, 1.807) is 12.1 Å². The van der Waals surface area contributed by atoms with Gasteiger partial charge in [0.05, 0.1) is 11.0 Å². The van der Waals surface area contributed by atoms with Gasteiger partial charge in [0.2, 0.25) is 0 Å². The van der Waals surface area contributed by atoms with Crippen molar-refractivity contribution in [3.8, 4) is 0 Å². The van der Waals surface area contributed by atoms with E-state index < -0.39 is 0 Å². The average molecular weight is 421 g/mol. The monoisotopic (exact) mass is 420 g/mol. The third-order valence-electron chi connectivity index (χ3n) is 5.59. The number of hydrogen-bond acceptors (Lipinski definition) is 4. The fraction of sp³-hybridized carbons (Fsp3) is 0.409. The number of nitro benzene ring substituents is 1. The first-order chi connectivity index (χ1) is 13.5. The minimum Gasteiger partial charge on any atom is -0.304 e. The summed E-state index contributed by atoms with van der Waals surface area (Å²) in [5.41, 5.74) is 1.78. The van der Waals surface area contributed by atoms with E-state index in [0.717, 1.165) is 31.2 Å². The number of nitro groups is 1. The smallest absolute Gasteiger partial charge is 0.269 e. The molecule has 2 aromatic rings. The zero-order valence-corrected chi connectivity index (χ0v) is 17.2. The van der Waals surface area contributed by atoms with Gasteiger partial charge in [0.25, 0.3) is 5.69 Å². The van der Waals surface area contributed by atoms with Crippen LogP contribution in [0.15, 0.2) is 48.5 Å². The molecule has 7 heteroatoms. The molecule has 1 atom stereocenters. The van der Waals surface area contributed by atoms with Crippen molar-refractivity contribution in [3.63, 3.8) is 0 Å². The highest BCUT2D eigenvalue weighted by Gasteiger charge is 2.27. The summed E-state index contributed by atoms with van der Waals surface area (Å²) in [6.45, 7) is 1.97. The van der Waals surface area contributed by atoms with E-state index in [2.05, 4.69) is 5.32 Å². The molecule has 0 aliphatic heterocycles. The molecule has 0 radical (unpaired) electrons. The Morgan fingerprint density at radius 1 is 1.10 bits per heavy atom. The van der Waals surface area contributed by atoms with Crippen LogP contribution in [0.3, 0.4) is 0 Å². The third kappa shape index (κ3) is 5.84. The average Bonchev–Trinajstić information content (AvgIpc) is 2.72. The van der Waals surface area contributed by atoms with E-state index in [-0.39, 0.29) is 46.7 Å². The van der Waals surface area contributed by atoms with Crippen LogP contribution in [0, 0.1) is 15.9 Å². The van der Waals surface area contributed by atoms with Gasteiger partial charge in [-0.1, -0.05) is 19.1 Å². The molecule has 0 amide bonds. The first-order valence-electron chi connectivity index (χ1n) is 9.78. The van der Waals surface area contributed by atoms with Crippen LogP contribution in [0.4, 0.5) is 10.1 Å². The molecule has 1 aliphatic rings. The number of carbonyl (C=O) groups is 1. The van der Waals surface area contributed by atoms with Crippen molar-refractivity contribution in [1.29, 1.82) is 0 Å². The maximum Gasteiger partial charge on any atom is 0.269 e. The summed E-state index contributed by atoms with van der Waals surface area (Å²) in [5.74, 6) is 0.0499. The molecule has 29 heavy (non-hydrogen) atoms. The Hall–Kier alpha value is -2.31. The number of halogens is 2. The predicted molar refractivity (Wildman–Crippen MR) is 113 cm³/mol. The molecule has 0 saturated heterocycles. The molecule has 1 aliphatic carbocycles. The van der Waals surface area contributed by atoms with Gasteiger partial charge in [-0.2, -0.15) is 0 Å². The first-order valence-corrected chi connectivity index (χ1v) is 9.78. The third-order valence-corrected chi connectivity index (χ3v) is 5.59. The van der Waals surface area contributed by atoms with Crippen LogP contribution in [-0.2, 0) is 0 Å². The van der Waals surface area contributed by atoms with E-state index in [1.807, 2.05) is 19.1 Å². The Labute approximate surface area is 176 Å². The Kier molecular flexibility index (Phi) is 8.29. The fourth-order valence-corrected chi connectivity index (χ4v) is 3.94.